The van der Waals surface area contributed by atoms with Gasteiger partial charge in [0.25, 0.3) is 0 Å². The van der Waals surface area contributed by atoms with Crippen molar-refractivity contribution < 1.29 is 14.0 Å². The number of nitrogens with zero attached hydrogens (tertiary/aromatic N) is 2. The van der Waals surface area contributed by atoms with Gasteiger partial charge in [0, 0.05) is 24.2 Å². The second-order valence-electron chi connectivity index (χ2n) is 4.97. The molecule has 1 saturated heterocycles. The summed E-state index contributed by atoms with van der Waals surface area (Å²) in [6, 6.07) is 5.45. The molecule has 0 spiro atoms. The Kier molecular flexibility index (Phi) is 3.39. The van der Waals surface area contributed by atoms with Crippen LogP contribution >= 0.6 is 0 Å². The number of benzene rings is 1. The molecule has 1 aliphatic rings. The number of aryl methyl sites for hydroxylation is 1. The molecular weight excluding hydrogens is 272 g/mol. The molecule has 0 radical (unpaired) electrons. The van der Waals surface area contributed by atoms with E-state index in [0.717, 1.165) is 11.1 Å². The lowest BCUT2D eigenvalue weighted by atomic mass is 10.1. The number of anilines is 1. The monoisotopic (exact) mass is 286 g/mol. The molecule has 7 nitrogen and oxygen atoms in total. The topological polar surface area (TPSA) is 97.1 Å². The van der Waals surface area contributed by atoms with Crippen LogP contribution in [-0.2, 0) is 9.59 Å². The molecule has 3 rings (SSSR count). The largest absolute Gasteiger partial charge is 0.423 e. The summed E-state index contributed by atoms with van der Waals surface area (Å²) < 4.78 is 5.13. The Morgan fingerprint density at radius 2 is 2.33 bits per heavy atom. The first-order chi connectivity index (χ1) is 10.1. The molecule has 2 N–H and O–H groups in total. The number of aromatic nitrogens is 2. The Morgan fingerprint density at radius 1 is 1.48 bits per heavy atom. The maximum Gasteiger partial charge on any atom is 0.247 e. The molecule has 0 bridgehead atoms. The molecule has 0 saturated carbocycles. The van der Waals surface area contributed by atoms with Crippen LogP contribution in [0.2, 0.25) is 0 Å². The predicted molar refractivity (Wildman–Crippen MR) is 74.2 cm³/mol. The molecular formula is C14H14N4O3. The SMILES string of the molecule is Cc1cc(-c2nnco2)ccc1NC(=O)C1CNC(=O)C1. The third kappa shape index (κ3) is 2.76. The van der Waals surface area contributed by atoms with Crippen molar-refractivity contribution in [3.8, 4) is 11.5 Å². The molecule has 2 heterocycles. The lowest BCUT2D eigenvalue weighted by Crippen LogP contribution is -2.25. The molecule has 21 heavy (non-hydrogen) atoms. The quantitative estimate of drug-likeness (QED) is 0.881. The summed E-state index contributed by atoms with van der Waals surface area (Å²) in [6.45, 7) is 2.28. The lowest BCUT2D eigenvalue weighted by molar-refractivity contribution is -0.123. The van der Waals surface area contributed by atoms with Gasteiger partial charge >= 0.3 is 0 Å². The number of rotatable bonds is 3. The average molecular weight is 286 g/mol. The standard InChI is InChI=1S/C14H14N4O3/c1-8-4-9(14-18-16-7-21-14)2-3-11(8)17-13(20)10-5-12(19)15-6-10/h2-4,7,10H,5-6H2,1H3,(H,15,19)(H,17,20). The van der Waals surface area contributed by atoms with Gasteiger partial charge < -0.3 is 15.1 Å². The van der Waals surface area contributed by atoms with E-state index >= 15 is 0 Å². The van der Waals surface area contributed by atoms with Gasteiger partial charge in [0.1, 0.15) is 0 Å². The average Bonchev–Trinajstić information content (AvgIpc) is 3.12. The third-order valence-electron chi connectivity index (χ3n) is 3.44. The molecule has 1 aliphatic heterocycles. The minimum absolute atomic E-state index is 0.0846. The highest BCUT2D eigenvalue weighted by atomic mass is 16.4. The van der Waals surface area contributed by atoms with Gasteiger partial charge in [-0.3, -0.25) is 9.59 Å². The second-order valence-corrected chi connectivity index (χ2v) is 4.97. The number of hydrogen-bond donors (Lipinski definition) is 2. The van der Waals surface area contributed by atoms with Crippen molar-refractivity contribution in [2.24, 2.45) is 5.92 Å². The van der Waals surface area contributed by atoms with Crippen LogP contribution in [0.15, 0.2) is 29.0 Å². The van der Waals surface area contributed by atoms with Gasteiger partial charge in [0.05, 0.1) is 5.92 Å². The summed E-state index contributed by atoms with van der Waals surface area (Å²) in [5, 5.41) is 13.0. The maximum absolute atomic E-state index is 12.1. The Labute approximate surface area is 120 Å². The van der Waals surface area contributed by atoms with Gasteiger partial charge in [-0.05, 0) is 30.7 Å². The van der Waals surface area contributed by atoms with Crippen LogP contribution in [0.25, 0.3) is 11.5 Å². The van der Waals surface area contributed by atoms with Gasteiger partial charge in [-0.2, -0.15) is 0 Å². The van der Waals surface area contributed by atoms with Crippen molar-refractivity contribution in [2.45, 2.75) is 13.3 Å². The van der Waals surface area contributed by atoms with E-state index in [1.165, 1.54) is 6.39 Å². The first-order valence-corrected chi connectivity index (χ1v) is 6.58. The normalized spacial score (nSPS) is 17.6. The van der Waals surface area contributed by atoms with Crippen LogP contribution in [0.5, 0.6) is 0 Å². The summed E-state index contributed by atoms with van der Waals surface area (Å²) in [7, 11) is 0. The fraction of sp³-hybridized carbons (Fsp3) is 0.286. The van der Waals surface area contributed by atoms with E-state index in [9.17, 15) is 9.59 Å². The minimum atomic E-state index is -0.312. The smallest absolute Gasteiger partial charge is 0.247 e. The van der Waals surface area contributed by atoms with Crippen molar-refractivity contribution in [3.05, 3.63) is 30.2 Å². The van der Waals surface area contributed by atoms with Crippen molar-refractivity contribution in [2.75, 3.05) is 11.9 Å². The highest BCUT2D eigenvalue weighted by Gasteiger charge is 2.28. The Morgan fingerprint density at radius 3 is 2.95 bits per heavy atom. The maximum atomic E-state index is 12.1. The number of hydrogen-bond acceptors (Lipinski definition) is 5. The molecule has 2 amide bonds. The van der Waals surface area contributed by atoms with E-state index < -0.39 is 0 Å². The molecule has 2 aromatic rings. The van der Waals surface area contributed by atoms with E-state index in [1.54, 1.807) is 12.1 Å². The third-order valence-corrected chi connectivity index (χ3v) is 3.44. The Bertz CT molecular complexity index is 682. The van der Waals surface area contributed by atoms with Crippen LogP contribution < -0.4 is 10.6 Å². The molecule has 1 aromatic heterocycles. The summed E-state index contributed by atoms with van der Waals surface area (Å²) in [6.07, 6.45) is 1.51. The fourth-order valence-electron chi connectivity index (χ4n) is 2.26. The van der Waals surface area contributed by atoms with Crippen LogP contribution in [-0.4, -0.2) is 28.6 Å². The first-order valence-electron chi connectivity index (χ1n) is 6.58. The van der Waals surface area contributed by atoms with Gasteiger partial charge in [0.15, 0.2) is 0 Å². The molecule has 108 valence electrons. The van der Waals surface area contributed by atoms with E-state index in [1.807, 2.05) is 13.0 Å². The van der Waals surface area contributed by atoms with E-state index in [2.05, 4.69) is 20.8 Å². The summed E-state index contributed by atoms with van der Waals surface area (Å²) >= 11 is 0. The lowest BCUT2D eigenvalue weighted by Gasteiger charge is -2.12. The first kappa shape index (κ1) is 13.3. The van der Waals surface area contributed by atoms with Crippen molar-refractivity contribution >= 4 is 17.5 Å². The van der Waals surface area contributed by atoms with Gasteiger partial charge in [-0.25, -0.2) is 0 Å². The van der Waals surface area contributed by atoms with Crippen molar-refractivity contribution in [1.82, 2.24) is 15.5 Å². The zero-order valence-electron chi connectivity index (χ0n) is 11.4. The molecule has 1 unspecified atom stereocenters. The van der Waals surface area contributed by atoms with Gasteiger partial charge in [0.2, 0.25) is 24.1 Å². The predicted octanol–water partition coefficient (Wildman–Crippen LogP) is 1.12. The van der Waals surface area contributed by atoms with Crippen molar-refractivity contribution in [3.63, 3.8) is 0 Å². The summed E-state index contributed by atoms with van der Waals surface area (Å²) in [5.41, 5.74) is 2.39. The molecule has 7 heteroatoms. The van der Waals surface area contributed by atoms with E-state index in [0.29, 0.717) is 18.1 Å². The number of carbonyl (C=O) groups excluding carboxylic acids is 2. The number of nitrogens with one attached hydrogen (secondary N) is 2. The second kappa shape index (κ2) is 5.35. The van der Waals surface area contributed by atoms with Gasteiger partial charge in [-0.1, -0.05) is 0 Å². The fourth-order valence-corrected chi connectivity index (χ4v) is 2.26. The molecule has 1 fully saturated rings. The zero-order chi connectivity index (χ0) is 14.8. The summed E-state index contributed by atoms with van der Waals surface area (Å²) in [5.74, 6) is -0.116. The molecule has 0 aliphatic carbocycles. The van der Waals surface area contributed by atoms with Crippen LogP contribution in [0, 0.1) is 12.8 Å². The number of carbonyl (C=O) groups is 2. The Hall–Kier alpha value is -2.70. The molecule has 1 atom stereocenters. The van der Waals surface area contributed by atoms with Crippen LogP contribution in [0.3, 0.4) is 0 Å². The number of amides is 2. The zero-order valence-corrected chi connectivity index (χ0v) is 11.4. The van der Waals surface area contributed by atoms with Crippen LogP contribution in [0.1, 0.15) is 12.0 Å². The molecule has 1 aromatic carbocycles. The van der Waals surface area contributed by atoms with Gasteiger partial charge in [-0.15, -0.1) is 10.2 Å². The minimum Gasteiger partial charge on any atom is -0.423 e. The summed E-state index contributed by atoms with van der Waals surface area (Å²) in [4.78, 5) is 23.2. The van der Waals surface area contributed by atoms with Crippen molar-refractivity contribution in [1.29, 1.82) is 0 Å². The highest BCUT2D eigenvalue weighted by Crippen LogP contribution is 2.24. The van der Waals surface area contributed by atoms with E-state index in [4.69, 9.17) is 4.42 Å². The Balaban J connectivity index is 1.74. The van der Waals surface area contributed by atoms with Crippen LogP contribution in [0.4, 0.5) is 5.69 Å². The van der Waals surface area contributed by atoms with E-state index in [-0.39, 0.29) is 24.2 Å². The highest BCUT2D eigenvalue weighted by molar-refractivity contribution is 5.97.